The highest BCUT2D eigenvalue weighted by Gasteiger charge is 2.34. The molecule has 1 aliphatic heterocycles. The average Bonchev–Trinajstić information content (AvgIpc) is 2.38. The first-order valence-electron chi connectivity index (χ1n) is 8.03. The summed E-state index contributed by atoms with van der Waals surface area (Å²) in [6.45, 7) is 14.7. The molecule has 1 fully saturated rings. The van der Waals surface area contributed by atoms with Crippen molar-refractivity contribution in [3.63, 3.8) is 0 Å². The van der Waals surface area contributed by atoms with E-state index in [0.717, 1.165) is 26.2 Å². The number of nitrogens with one attached hydrogen (secondary N) is 1. The number of hydrogen-bond acceptors (Lipinski definition) is 4. The van der Waals surface area contributed by atoms with Gasteiger partial charge in [0.1, 0.15) is 0 Å². The van der Waals surface area contributed by atoms with Gasteiger partial charge in [-0.2, -0.15) is 0 Å². The van der Waals surface area contributed by atoms with E-state index in [1.807, 2.05) is 0 Å². The molecule has 2 atom stereocenters. The highest BCUT2D eigenvalue weighted by atomic mass is 16.5. The van der Waals surface area contributed by atoms with Gasteiger partial charge in [0, 0.05) is 38.8 Å². The van der Waals surface area contributed by atoms with E-state index in [4.69, 9.17) is 9.47 Å². The van der Waals surface area contributed by atoms with Crippen molar-refractivity contribution < 1.29 is 9.47 Å². The summed E-state index contributed by atoms with van der Waals surface area (Å²) < 4.78 is 10.7. The van der Waals surface area contributed by atoms with Gasteiger partial charge >= 0.3 is 0 Å². The zero-order valence-corrected chi connectivity index (χ0v) is 14.1. The fourth-order valence-corrected chi connectivity index (χ4v) is 2.95. The molecule has 1 N–H and O–H groups in total. The van der Waals surface area contributed by atoms with Crippen LogP contribution in [-0.4, -0.2) is 63.5 Å². The molecule has 1 aliphatic rings. The van der Waals surface area contributed by atoms with E-state index < -0.39 is 0 Å². The molecule has 0 saturated carbocycles. The van der Waals surface area contributed by atoms with Crippen LogP contribution in [0.3, 0.4) is 0 Å². The highest BCUT2D eigenvalue weighted by molar-refractivity contribution is 4.92. The molecule has 1 rings (SSSR count). The predicted octanol–water partition coefficient (Wildman–Crippen LogP) is 2.14. The van der Waals surface area contributed by atoms with E-state index in [0.29, 0.717) is 30.7 Å². The number of piperazine rings is 1. The van der Waals surface area contributed by atoms with Crippen molar-refractivity contribution >= 4 is 0 Å². The Hall–Kier alpha value is -0.160. The van der Waals surface area contributed by atoms with E-state index in [1.54, 1.807) is 7.11 Å². The van der Waals surface area contributed by atoms with E-state index in [2.05, 4.69) is 37.9 Å². The fraction of sp³-hybridized carbons (Fsp3) is 1.00. The summed E-state index contributed by atoms with van der Waals surface area (Å²) in [5.41, 5.74) is 0.302. The second-order valence-electron chi connectivity index (χ2n) is 6.88. The Kier molecular flexibility index (Phi) is 8.03. The lowest BCUT2D eigenvalue weighted by Crippen LogP contribution is -2.61. The SMILES string of the molecule is CCCC1CN(CCOCCOC)C(C(C)(C)C)CN1. The Labute approximate surface area is 125 Å². The number of nitrogens with zero attached hydrogens (tertiary/aromatic N) is 1. The topological polar surface area (TPSA) is 33.7 Å². The molecule has 0 aliphatic carbocycles. The highest BCUT2D eigenvalue weighted by Crippen LogP contribution is 2.26. The van der Waals surface area contributed by atoms with Gasteiger partial charge in [-0.25, -0.2) is 0 Å². The maximum absolute atomic E-state index is 5.65. The van der Waals surface area contributed by atoms with Crippen LogP contribution in [0.1, 0.15) is 40.5 Å². The number of hydrogen-bond donors (Lipinski definition) is 1. The number of methoxy groups -OCH3 is 1. The maximum Gasteiger partial charge on any atom is 0.0700 e. The molecule has 1 heterocycles. The Morgan fingerprint density at radius 1 is 1.20 bits per heavy atom. The lowest BCUT2D eigenvalue weighted by Gasteiger charge is -2.46. The van der Waals surface area contributed by atoms with Crippen LogP contribution in [0.15, 0.2) is 0 Å². The van der Waals surface area contributed by atoms with Crippen molar-refractivity contribution in [1.82, 2.24) is 10.2 Å². The lowest BCUT2D eigenvalue weighted by atomic mass is 9.83. The van der Waals surface area contributed by atoms with Crippen LogP contribution in [0.25, 0.3) is 0 Å². The molecule has 0 amide bonds. The Morgan fingerprint density at radius 3 is 2.55 bits per heavy atom. The third-order valence-electron chi connectivity index (χ3n) is 4.09. The number of rotatable bonds is 8. The Bertz CT molecular complexity index is 253. The molecular weight excluding hydrogens is 252 g/mol. The summed E-state index contributed by atoms with van der Waals surface area (Å²) >= 11 is 0. The molecule has 0 aromatic carbocycles. The maximum atomic E-state index is 5.65. The van der Waals surface area contributed by atoms with E-state index >= 15 is 0 Å². The summed E-state index contributed by atoms with van der Waals surface area (Å²) in [6.07, 6.45) is 2.51. The van der Waals surface area contributed by atoms with Gasteiger partial charge in [0.05, 0.1) is 19.8 Å². The minimum atomic E-state index is 0.302. The lowest BCUT2D eigenvalue weighted by molar-refractivity contribution is 0.0128. The normalized spacial score (nSPS) is 25.1. The van der Waals surface area contributed by atoms with Crippen molar-refractivity contribution in [3.8, 4) is 0 Å². The van der Waals surface area contributed by atoms with Gasteiger partial charge in [-0.15, -0.1) is 0 Å². The van der Waals surface area contributed by atoms with Crippen LogP contribution in [0, 0.1) is 5.41 Å². The summed E-state index contributed by atoms with van der Waals surface area (Å²) in [6, 6.07) is 1.22. The standard InChI is InChI=1S/C16H34N2O2/c1-6-7-14-13-18(8-9-20-11-10-19-5)15(12-17-14)16(2,3)4/h14-15,17H,6-13H2,1-5H3. The molecule has 1 saturated heterocycles. The van der Waals surface area contributed by atoms with Gasteiger partial charge in [0.15, 0.2) is 0 Å². The molecule has 4 nitrogen and oxygen atoms in total. The molecule has 0 spiro atoms. The van der Waals surface area contributed by atoms with Crippen LogP contribution < -0.4 is 5.32 Å². The van der Waals surface area contributed by atoms with E-state index in [-0.39, 0.29) is 0 Å². The van der Waals surface area contributed by atoms with Crippen LogP contribution in [0.5, 0.6) is 0 Å². The third-order valence-corrected chi connectivity index (χ3v) is 4.09. The summed E-state index contributed by atoms with van der Waals surface area (Å²) in [7, 11) is 1.71. The number of ether oxygens (including phenoxy) is 2. The van der Waals surface area contributed by atoms with Crippen molar-refractivity contribution in [1.29, 1.82) is 0 Å². The smallest absolute Gasteiger partial charge is 0.0700 e. The van der Waals surface area contributed by atoms with Crippen LogP contribution in [0.2, 0.25) is 0 Å². The largest absolute Gasteiger partial charge is 0.382 e. The molecule has 0 bridgehead atoms. The minimum Gasteiger partial charge on any atom is -0.382 e. The quantitative estimate of drug-likeness (QED) is 0.693. The van der Waals surface area contributed by atoms with Crippen LogP contribution in [0.4, 0.5) is 0 Å². The summed E-state index contributed by atoms with van der Waals surface area (Å²) in [5, 5.41) is 3.71. The van der Waals surface area contributed by atoms with Gasteiger partial charge in [-0.3, -0.25) is 4.90 Å². The van der Waals surface area contributed by atoms with Gasteiger partial charge in [-0.05, 0) is 11.8 Å². The van der Waals surface area contributed by atoms with Gasteiger partial charge in [0.2, 0.25) is 0 Å². The van der Waals surface area contributed by atoms with Crippen molar-refractivity contribution in [3.05, 3.63) is 0 Å². The third kappa shape index (κ3) is 6.08. The van der Waals surface area contributed by atoms with Gasteiger partial charge in [0.25, 0.3) is 0 Å². The minimum absolute atomic E-state index is 0.302. The second kappa shape index (κ2) is 8.98. The monoisotopic (exact) mass is 286 g/mol. The van der Waals surface area contributed by atoms with Crippen molar-refractivity contribution in [2.45, 2.75) is 52.6 Å². The van der Waals surface area contributed by atoms with E-state index in [1.165, 1.54) is 12.8 Å². The Morgan fingerprint density at radius 2 is 1.95 bits per heavy atom. The first-order valence-corrected chi connectivity index (χ1v) is 8.03. The van der Waals surface area contributed by atoms with Crippen LogP contribution >= 0.6 is 0 Å². The van der Waals surface area contributed by atoms with Gasteiger partial charge in [-0.1, -0.05) is 34.1 Å². The first kappa shape index (κ1) is 17.9. The molecule has 120 valence electrons. The van der Waals surface area contributed by atoms with Crippen LogP contribution in [-0.2, 0) is 9.47 Å². The molecule has 20 heavy (non-hydrogen) atoms. The van der Waals surface area contributed by atoms with Crippen molar-refractivity contribution in [2.75, 3.05) is 46.6 Å². The molecular formula is C16H34N2O2. The predicted molar refractivity (Wildman–Crippen MR) is 84.2 cm³/mol. The zero-order chi connectivity index (χ0) is 15.0. The molecule has 2 unspecified atom stereocenters. The van der Waals surface area contributed by atoms with E-state index in [9.17, 15) is 0 Å². The molecule has 4 heteroatoms. The van der Waals surface area contributed by atoms with Gasteiger partial charge < -0.3 is 14.8 Å². The summed E-state index contributed by atoms with van der Waals surface area (Å²) in [5.74, 6) is 0. The molecule has 0 radical (unpaired) electrons. The molecule has 0 aromatic heterocycles. The average molecular weight is 286 g/mol. The first-order chi connectivity index (χ1) is 9.49. The zero-order valence-electron chi connectivity index (χ0n) is 14.1. The molecule has 0 aromatic rings. The summed E-state index contributed by atoms with van der Waals surface area (Å²) in [4.78, 5) is 2.61. The second-order valence-corrected chi connectivity index (χ2v) is 6.88. The van der Waals surface area contributed by atoms with Crippen molar-refractivity contribution in [2.24, 2.45) is 5.41 Å². The fourth-order valence-electron chi connectivity index (χ4n) is 2.95. The Balaban J connectivity index is 2.45.